The molecule has 0 unspecified atom stereocenters. The fourth-order valence-corrected chi connectivity index (χ4v) is 4.40. The van der Waals surface area contributed by atoms with Crippen molar-refractivity contribution < 1.29 is 29.0 Å². The van der Waals surface area contributed by atoms with E-state index in [1.165, 1.54) is 50.2 Å². The van der Waals surface area contributed by atoms with Gasteiger partial charge in [-0.1, -0.05) is 63.7 Å². The topological polar surface area (TPSA) is 89.9 Å². The Balaban J connectivity index is 1.48. The Labute approximate surface area is 203 Å². The van der Waals surface area contributed by atoms with Crippen molar-refractivity contribution >= 4 is 17.9 Å². The lowest BCUT2D eigenvalue weighted by Crippen LogP contribution is -2.28. The molecule has 1 aliphatic rings. The normalized spacial score (nSPS) is 17.6. The van der Waals surface area contributed by atoms with Crippen LogP contribution in [0.25, 0.3) is 0 Å². The second kappa shape index (κ2) is 16.1. The molecule has 0 atom stereocenters. The summed E-state index contributed by atoms with van der Waals surface area (Å²) in [5.41, 5.74) is 1.25. The highest BCUT2D eigenvalue weighted by Gasteiger charge is 2.30. The first-order valence-electron chi connectivity index (χ1n) is 12.8. The lowest BCUT2D eigenvalue weighted by molar-refractivity contribution is -0.146. The van der Waals surface area contributed by atoms with Gasteiger partial charge in [0.15, 0.2) is 0 Å². The predicted octanol–water partition coefficient (Wildman–Crippen LogP) is 6.27. The third kappa shape index (κ3) is 11.0. The number of carbonyl (C=O) groups is 3. The summed E-state index contributed by atoms with van der Waals surface area (Å²) in [6, 6.07) is 7.76. The number of unbranched alkanes of at least 4 members (excludes halogenated alkanes) is 8. The van der Waals surface area contributed by atoms with Crippen LogP contribution in [0, 0.1) is 11.8 Å². The van der Waals surface area contributed by atoms with E-state index in [2.05, 4.69) is 6.58 Å². The summed E-state index contributed by atoms with van der Waals surface area (Å²) in [7, 11) is 0. The molecule has 2 rings (SSSR count). The standard InChI is InChI=1S/C28H40O6/c1-2-26(29)33-21-11-9-7-5-3-4-6-8-10-12-22-13-19-25(20-14-22)34-28(32)24-17-15-23(16-18-24)27(30)31/h2,13-14,19-20,23-24H,1,3-12,15-18,21H2,(H,30,31). The molecular formula is C28H40O6. The minimum atomic E-state index is -0.764. The Kier molecular flexibility index (Phi) is 13.1. The number of aliphatic carboxylic acids is 1. The van der Waals surface area contributed by atoms with Gasteiger partial charge in [-0.2, -0.15) is 0 Å². The first-order chi connectivity index (χ1) is 16.5. The van der Waals surface area contributed by atoms with E-state index in [4.69, 9.17) is 14.6 Å². The highest BCUT2D eigenvalue weighted by atomic mass is 16.5. The van der Waals surface area contributed by atoms with Crippen molar-refractivity contribution in [2.45, 2.75) is 89.9 Å². The number of carbonyl (C=O) groups excluding carboxylic acids is 2. The van der Waals surface area contributed by atoms with Crippen LogP contribution in [0.2, 0.25) is 0 Å². The van der Waals surface area contributed by atoms with E-state index in [9.17, 15) is 14.4 Å². The fourth-order valence-electron chi connectivity index (χ4n) is 4.40. The van der Waals surface area contributed by atoms with Crippen molar-refractivity contribution in [1.29, 1.82) is 0 Å². The van der Waals surface area contributed by atoms with Crippen LogP contribution in [0.3, 0.4) is 0 Å². The Bertz CT molecular complexity index is 762. The van der Waals surface area contributed by atoms with Gasteiger partial charge in [0.05, 0.1) is 18.4 Å². The van der Waals surface area contributed by atoms with Crippen molar-refractivity contribution in [2.24, 2.45) is 11.8 Å². The zero-order valence-electron chi connectivity index (χ0n) is 20.3. The van der Waals surface area contributed by atoms with Crippen LogP contribution < -0.4 is 4.74 Å². The number of benzene rings is 1. The molecule has 188 valence electrons. The van der Waals surface area contributed by atoms with Gasteiger partial charge in [-0.3, -0.25) is 9.59 Å². The van der Waals surface area contributed by atoms with Crippen molar-refractivity contribution in [3.05, 3.63) is 42.5 Å². The average molecular weight is 473 g/mol. The van der Waals surface area contributed by atoms with Crippen LogP contribution in [0.4, 0.5) is 0 Å². The smallest absolute Gasteiger partial charge is 0.330 e. The predicted molar refractivity (Wildman–Crippen MR) is 132 cm³/mol. The molecule has 34 heavy (non-hydrogen) atoms. The van der Waals surface area contributed by atoms with Gasteiger partial charge in [0.25, 0.3) is 0 Å². The van der Waals surface area contributed by atoms with E-state index in [0.717, 1.165) is 25.7 Å². The average Bonchev–Trinajstić information content (AvgIpc) is 2.85. The van der Waals surface area contributed by atoms with E-state index in [-0.39, 0.29) is 23.8 Å². The first-order valence-corrected chi connectivity index (χ1v) is 12.8. The van der Waals surface area contributed by atoms with Crippen molar-refractivity contribution in [2.75, 3.05) is 6.61 Å². The van der Waals surface area contributed by atoms with E-state index in [1.807, 2.05) is 24.3 Å². The Morgan fingerprint density at radius 1 is 0.824 bits per heavy atom. The molecule has 6 nitrogen and oxygen atoms in total. The third-order valence-corrected chi connectivity index (χ3v) is 6.57. The molecule has 0 aromatic heterocycles. The van der Waals surface area contributed by atoms with E-state index < -0.39 is 5.97 Å². The highest BCUT2D eigenvalue weighted by molar-refractivity contribution is 5.81. The molecule has 1 aromatic carbocycles. The number of ether oxygens (including phenoxy) is 2. The van der Waals surface area contributed by atoms with Gasteiger partial charge >= 0.3 is 17.9 Å². The summed E-state index contributed by atoms with van der Waals surface area (Å²) in [5, 5.41) is 9.07. The molecule has 1 N–H and O–H groups in total. The second-order valence-electron chi connectivity index (χ2n) is 9.26. The number of hydrogen-bond acceptors (Lipinski definition) is 5. The quantitative estimate of drug-likeness (QED) is 0.132. The molecule has 0 heterocycles. The SMILES string of the molecule is C=CC(=O)OCCCCCCCCCCCc1ccc(OC(=O)C2CCC(C(=O)O)CC2)cc1. The summed E-state index contributed by atoms with van der Waals surface area (Å²) >= 11 is 0. The zero-order valence-corrected chi connectivity index (χ0v) is 20.3. The number of rotatable bonds is 16. The van der Waals surface area contributed by atoms with Gasteiger partial charge < -0.3 is 14.6 Å². The number of carboxylic acid groups (broad SMARTS) is 1. The third-order valence-electron chi connectivity index (χ3n) is 6.57. The van der Waals surface area contributed by atoms with E-state index in [1.54, 1.807) is 0 Å². The van der Waals surface area contributed by atoms with Crippen LogP contribution in [0.5, 0.6) is 5.75 Å². The Morgan fingerprint density at radius 2 is 1.35 bits per heavy atom. The number of esters is 2. The highest BCUT2D eigenvalue weighted by Crippen LogP contribution is 2.30. The second-order valence-corrected chi connectivity index (χ2v) is 9.26. The summed E-state index contributed by atoms with van der Waals surface area (Å²) in [5.74, 6) is -1.30. The number of aryl methyl sites for hydroxylation is 1. The van der Waals surface area contributed by atoms with Gasteiger partial charge in [-0.15, -0.1) is 0 Å². The maximum absolute atomic E-state index is 12.4. The molecule has 6 heteroatoms. The molecule has 0 amide bonds. The summed E-state index contributed by atoms with van der Waals surface area (Å²) in [6.45, 7) is 3.87. The first kappa shape index (κ1) is 27.6. The minimum Gasteiger partial charge on any atom is -0.481 e. The van der Waals surface area contributed by atoms with Gasteiger partial charge in [-0.05, 0) is 62.6 Å². The minimum absolute atomic E-state index is 0.197. The number of carboxylic acids is 1. The maximum Gasteiger partial charge on any atom is 0.330 e. The Morgan fingerprint density at radius 3 is 1.91 bits per heavy atom. The molecule has 0 radical (unpaired) electrons. The molecule has 0 saturated heterocycles. The molecule has 1 saturated carbocycles. The van der Waals surface area contributed by atoms with E-state index >= 15 is 0 Å². The van der Waals surface area contributed by atoms with Crippen LogP contribution in [0.1, 0.15) is 89.0 Å². The van der Waals surface area contributed by atoms with Gasteiger partial charge in [0.1, 0.15) is 5.75 Å². The van der Waals surface area contributed by atoms with E-state index in [0.29, 0.717) is 38.0 Å². The number of hydrogen-bond donors (Lipinski definition) is 1. The maximum atomic E-state index is 12.4. The van der Waals surface area contributed by atoms with Crippen molar-refractivity contribution in [3.8, 4) is 5.75 Å². The fraction of sp³-hybridized carbons (Fsp3) is 0.607. The molecule has 1 aliphatic carbocycles. The van der Waals surface area contributed by atoms with Crippen LogP contribution >= 0.6 is 0 Å². The lowest BCUT2D eigenvalue weighted by Gasteiger charge is -2.24. The van der Waals surface area contributed by atoms with Crippen molar-refractivity contribution in [1.82, 2.24) is 0 Å². The molecule has 1 fully saturated rings. The molecule has 0 aliphatic heterocycles. The monoisotopic (exact) mass is 472 g/mol. The summed E-state index contributed by atoms with van der Waals surface area (Å²) in [6.07, 6.45) is 15.1. The molecule has 0 spiro atoms. The molecule has 1 aromatic rings. The largest absolute Gasteiger partial charge is 0.481 e. The van der Waals surface area contributed by atoms with Gasteiger partial charge in [0.2, 0.25) is 0 Å². The van der Waals surface area contributed by atoms with Gasteiger partial charge in [0, 0.05) is 6.08 Å². The zero-order chi connectivity index (χ0) is 24.6. The molecular weight excluding hydrogens is 432 g/mol. The van der Waals surface area contributed by atoms with Crippen LogP contribution in [0.15, 0.2) is 36.9 Å². The van der Waals surface area contributed by atoms with Crippen LogP contribution in [-0.4, -0.2) is 29.6 Å². The summed E-state index contributed by atoms with van der Waals surface area (Å²) in [4.78, 5) is 34.3. The van der Waals surface area contributed by atoms with Crippen molar-refractivity contribution in [3.63, 3.8) is 0 Å². The van der Waals surface area contributed by atoms with Crippen LogP contribution in [-0.2, 0) is 25.5 Å². The molecule has 0 bridgehead atoms. The lowest BCUT2D eigenvalue weighted by atomic mass is 9.82. The van der Waals surface area contributed by atoms with Gasteiger partial charge in [-0.25, -0.2) is 4.79 Å². The summed E-state index contributed by atoms with van der Waals surface area (Å²) < 4.78 is 10.5. The Hall–Kier alpha value is -2.63.